The van der Waals surface area contributed by atoms with Crippen LogP contribution in [0.25, 0.3) is 0 Å². The molecule has 0 bridgehead atoms. The van der Waals surface area contributed by atoms with Crippen molar-refractivity contribution in [3.05, 3.63) is 0 Å². The van der Waals surface area contributed by atoms with Gasteiger partial charge in [0, 0.05) is 19.6 Å². The molecule has 0 aromatic heterocycles. The van der Waals surface area contributed by atoms with E-state index in [1.807, 2.05) is 7.05 Å². The maximum atomic E-state index is 4.29. The van der Waals surface area contributed by atoms with Crippen LogP contribution in [0.5, 0.6) is 0 Å². The van der Waals surface area contributed by atoms with Gasteiger partial charge in [0.25, 0.3) is 0 Å². The molecule has 1 saturated carbocycles. The molecule has 3 heteroatoms. The second kappa shape index (κ2) is 7.57. The molecule has 0 radical (unpaired) electrons. The molecule has 0 atom stereocenters. The van der Waals surface area contributed by atoms with Gasteiger partial charge in [0.2, 0.25) is 0 Å². The van der Waals surface area contributed by atoms with Crippen LogP contribution < -0.4 is 10.6 Å². The Balaban J connectivity index is 2.22. The van der Waals surface area contributed by atoms with Crippen LogP contribution in [0.2, 0.25) is 0 Å². The van der Waals surface area contributed by atoms with Gasteiger partial charge in [0.15, 0.2) is 5.96 Å². The summed E-state index contributed by atoms with van der Waals surface area (Å²) in [6, 6.07) is 0.622. The molecule has 17 heavy (non-hydrogen) atoms. The van der Waals surface area contributed by atoms with E-state index in [1.54, 1.807) is 0 Å². The zero-order valence-electron chi connectivity index (χ0n) is 11.9. The summed E-state index contributed by atoms with van der Waals surface area (Å²) < 4.78 is 0. The number of aliphatic imine (C=N–C) groups is 1. The lowest BCUT2D eigenvalue weighted by Gasteiger charge is -2.28. The zero-order chi connectivity index (χ0) is 12.7. The molecule has 0 unspecified atom stereocenters. The Kier molecular flexibility index (Phi) is 6.38. The van der Waals surface area contributed by atoms with Crippen LogP contribution in [0.4, 0.5) is 0 Å². The maximum absolute atomic E-state index is 4.29. The Morgan fingerprint density at radius 2 is 1.88 bits per heavy atom. The summed E-state index contributed by atoms with van der Waals surface area (Å²) in [4.78, 5) is 4.29. The molecule has 1 rings (SSSR count). The first-order chi connectivity index (χ1) is 8.11. The largest absolute Gasteiger partial charge is 0.356 e. The third-order valence-corrected chi connectivity index (χ3v) is 3.59. The summed E-state index contributed by atoms with van der Waals surface area (Å²) in [5, 5.41) is 6.94. The van der Waals surface area contributed by atoms with Crippen LogP contribution in [0.3, 0.4) is 0 Å². The molecule has 100 valence electrons. The second-order valence-corrected chi connectivity index (χ2v) is 5.78. The van der Waals surface area contributed by atoms with Crippen molar-refractivity contribution in [3.63, 3.8) is 0 Å². The minimum atomic E-state index is 0.622. The van der Waals surface area contributed by atoms with Crippen LogP contribution >= 0.6 is 0 Å². The Hall–Kier alpha value is -0.730. The fourth-order valence-electron chi connectivity index (χ4n) is 2.27. The highest BCUT2D eigenvalue weighted by Gasteiger charge is 2.18. The van der Waals surface area contributed by atoms with Gasteiger partial charge in [-0.25, -0.2) is 0 Å². The minimum Gasteiger partial charge on any atom is -0.356 e. The number of rotatable bonds is 4. The van der Waals surface area contributed by atoms with Crippen molar-refractivity contribution in [3.8, 4) is 0 Å². The van der Waals surface area contributed by atoms with Crippen molar-refractivity contribution in [1.29, 1.82) is 0 Å². The highest BCUT2D eigenvalue weighted by molar-refractivity contribution is 5.79. The molecule has 3 nitrogen and oxygen atoms in total. The van der Waals surface area contributed by atoms with Gasteiger partial charge < -0.3 is 10.6 Å². The van der Waals surface area contributed by atoms with Crippen molar-refractivity contribution in [2.75, 3.05) is 13.6 Å². The molecule has 0 saturated heterocycles. The lowest BCUT2D eigenvalue weighted by molar-refractivity contribution is 0.329. The normalized spacial score (nSPS) is 26.1. The summed E-state index contributed by atoms with van der Waals surface area (Å²) in [5.41, 5.74) is 0. The Bertz CT molecular complexity index is 228. The van der Waals surface area contributed by atoms with E-state index in [0.717, 1.165) is 24.3 Å². The molecule has 1 fully saturated rings. The van der Waals surface area contributed by atoms with E-state index in [2.05, 4.69) is 36.4 Å². The molecule has 0 heterocycles. The Labute approximate surface area is 106 Å². The number of nitrogens with one attached hydrogen (secondary N) is 2. The Morgan fingerprint density at radius 3 is 2.41 bits per heavy atom. The molecule has 2 N–H and O–H groups in total. The molecule has 1 aliphatic rings. The van der Waals surface area contributed by atoms with Gasteiger partial charge >= 0.3 is 0 Å². The smallest absolute Gasteiger partial charge is 0.191 e. The fourth-order valence-corrected chi connectivity index (χ4v) is 2.27. The third kappa shape index (κ3) is 5.94. The predicted octanol–water partition coefficient (Wildman–Crippen LogP) is 2.78. The van der Waals surface area contributed by atoms with E-state index in [0.29, 0.717) is 6.04 Å². The van der Waals surface area contributed by atoms with Gasteiger partial charge in [-0.15, -0.1) is 0 Å². The Morgan fingerprint density at radius 1 is 1.24 bits per heavy atom. The first kappa shape index (κ1) is 14.3. The lowest BCUT2D eigenvalue weighted by atomic mass is 9.87. The first-order valence-corrected chi connectivity index (χ1v) is 7.09. The number of guanidine groups is 1. The van der Waals surface area contributed by atoms with Gasteiger partial charge in [-0.1, -0.05) is 20.8 Å². The van der Waals surface area contributed by atoms with Crippen LogP contribution in [-0.2, 0) is 0 Å². The standard InChI is InChI=1S/C14H29N3/c1-11(2)9-10-16-14(15-4)17-13-7-5-12(3)6-8-13/h11-13H,5-10H2,1-4H3,(H2,15,16,17). The van der Waals surface area contributed by atoms with Crippen LogP contribution in [0, 0.1) is 11.8 Å². The molecular formula is C14H29N3. The van der Waals surface area contributed by atoms with Crippen LogP contribution in [0.15, 0.2) is 4.99 Å². The van der Waals surface area contributed by atoms with Gasteiger partial charge in [-0.3, -0.25) is 4.99 Å². The molecule has 0 aliphatic heterocycles. The summed E-state index contributed by atoms with van der Waals surface area (Å²) in [6.45, 7) is 7.87. The summed E-state index contributed by atoms with van der Waals surface area (Å²) >= 11 is 0. The topological polar surface area (TPSA) is 36.4 Å². The molecule has 0 aromatic carbocycles. The molecule has 0 spiro atoms. The average Bonchev–Trinajstić information content (AvgIpc) is 2.30. The quantitative estimate of drug-likeness (QED) is 0.584. The maximum Gasteiger partial charge on any atom is 0.191 e. The first-order valence-electron chi connectivity index (χ1n) is 7.09. The highest BCUT2D eigenvalue weighted by atomic mass is 15.2. The minimum absolute atomic E-state index is 0.622. The van der Waals surface area contributed by atoms with Gasteiger partial charge in [-0.05, 0) is 43.9 Å². The van der Waals surface area contributed by atoms with Crippen molar-refractivity contribution >= 4 is 5.96 Å². The van der Waals surface area contributed by atoms with E-state index in [9.17, 15) is 0 Å². The van der Waals surface area contributed by atoms with E-state index in [4.69, 9.17) is 0 Å². The summed E-state index contributed by atoms with van der Waals surface area (Å²) in [5.74, 6) is 2.63. The van der Waals surface area contributed by atoms with Gasteiger partial charge in [-0.2, -0.15) is 0 Å². The van der Waals surface area contributed by atoms with Crippen LogP contribution in [0.1, 0.15) is 52.9 Å². The lowest BCUT2D eigenvalue weighted by Crippen LogP contribution is -2.45. The van der Waals surface area contributed by atoms with Gasteiger partial charge in [0.1, 0.15) is 0 Å². The number of hydrogen-bond donors (Lipinski definition) is 2. The van der Waals surface area contributed by atoms with Gasteiger partial charge in [0.05, 0.1) is 0 Å². The molecule has 1 aliphatic carbocycles. The second-order valence-electron chi connectivity index (χ2n) is 5.78. The van der Waals surface area contributed by atoms with E-state index in [-0.39, 0.29) is 0 Å². The van der Waals surface area contributed by atoms with Crippen molar-refractivity contribution in [2.45, 2.75) is 58.9 Å². The van der Waals surface area contributed by atoms with E-state index >= 15 is 0 Å². The summed E-state index contributed by atoms with van der Waals surface area (Å²) in [7, 11) is 1.86. The van der Waals surface area contributed by atoms with Crippen LogP contribution in [-0.4, -0.2) is 25.6 Å². The zero-order valence-corrected chi connectivity index (χ0v) is 11.9. The van der Waals surface area contributed by atoms with E-state index < -0.39 is 0 Å². The molecule has 0 amide bonds. The SMILES string of the molecule is CN=C(NCCC(C)C)NC1CCC(C)CC1. The van der Waals surface area contributed by atoms with Crippen molar-refractivity contribution in [1.82, 2.24) is 10.6 Å². The molecular weight excluding hydrogens is 210 g/mol. The fraction of sp³-hybridized carbons (Fsp3) is 0.929. The summed E-state index contributed by atoms with van der Waals surface area (Å²) in [6.07, 6.45) is 6.46. The average molecular weight is 239 g/mol. The predicted molar refractivity (Wildman–Crippen MR) is 75.4 cm³/mol. The monoisotopic (exact) mass is 239 g/mol. The number of nitrogens with zero attached hydrogens (tertiary/aromatic N) is 1. The van der Waals surface area contributed by atoms with Crippen molar-refractivity contribution < 1.29 is 0 Å². The third-order valence-electron chi connectivity index (χ3n) is 3.59. The van der Waals surface area contributed by atoms with Crippen molar-refractivity contribution in [2.24, 2.45) is 16.8 Å². The number of hydrogen-bond acceptors (Lipinski definition) is 1. The molecule has 0 aromatic rings. The highest BCUT2D eigenvalue weighted by Crippen LogP contribution is 2.23. The van der Waals surface area contributed by atoms with E-state index in [1.165, 1.54) is 32.1 Å².